The van der Waals surface area contributed by atoms with Gasteiger partial charge in [-0.05, 0) is 18.2 Å². The minimum atomic E-state index is -1.19. The molecule has 0 aliphatic carbocycles. The summed E-state index contributed by atoms with van der Waals surface area (Å²) in [5.74, 6) is -2.34. The van der Waals surface area contributed by atoms with Crippen LogP contribution >= 0.6 is 11.6 Å². The Labute approximate surface area is 108 Å². The molecule has 0 saturated carbocycles. The summed E-state index contributed by atoms with van der Waals surface area (Å²) in [7, 11) is 1.22. The van der Waals surface area contributed by atoms with Crippen molar-refractivity contribution < 1.29 is 23.8 Å². The van der Waals surface area contributed by atoms with Crippen LogP contribution in [0.25, 0.3) is 0 Å². The second kappa shape index (κ2) is 6.32. The molecule has 1 aromatic rings. The maximum absolute atomic E-state index is 12.8. The van der Waals surface area contributed by atoms with Gasteiger partial charge in [0.25, 0.3) is 5.91 Å². The highest BCUT2D eigenvalue weighted by Gasteiger charge is 2.18. The molecule has 2 N–H and O–H groups in total. The van der Waals surface area contributed by atoms with Gasteiger partial charge in [-0.15, -0.1) is 0 Å². The zero-order chi connectivity index (χ0) is 13.7. The molecule has 0 bridgehead atoms. The van der Waals surface area contributed by atoms with Crippen molar-refractivity contribution >= 4 is 23.5 Å². The normalized spacial score (nSPS) is 11.9. The van der Waals surface area contributed by atoms with Gasteiger partial charge in [-0.2, -0.15) is 0 Å². The van der Waals surface area contributed by atoms with E-state index >= 15 is 0 Å². The van der Waals surface area contributed by atoms with Gasteiger partial charge < -0.3 is 15.2 Å². The number of aliphatic carboxylic acids is 1. The van der Waals surface area contributed by atoms with E-state index in [1.54, 1.807) is 0 Å². The highest BCUT2D eigenvalue weighted by Crippen LogP contribution is 2.16. The Morgan fingerprint density at radius 3 is 2.72 bits per heavy atom. The molecule has 5 nitrogen and oxygen atoms in total. The van der Waals surface area contributed by atoms with Crippen molar-refractivity contribution in [3.05, 3.63) is 34.6 Å². The minimum Gasteiger partial charge on any atom is -0.479 e. The van der Waals surface area contributed by atoms with E-state index in [9.17, 15) is 14.0 Å². The standard InChI is InChI=1S/C11H11ClFNO4/c1-18-9(11(16)17)5-14-10(15)7-3-2-6(13)4-8(7)12/h2-4,9H,5H2,1H3,(H,14,15)(H,16,17). The number of rotatable bonds is 5. The number of carboxylic acid groups (broad SMARTS) is 1. The molecule has 0 saturated heterocycles. The van der Waals surface area contributed by atoms with Crippen molar-refractivity contribution in [2.45, 2.75) is 6.10 Å². The van der Waals surface area contributed by atoms with Gasteiger partial charge in [0.05, 0.1) is 17.1 Å². The van der Waals surface area contributed by atoms with Crippen LogP contribution in [-0.4, -0.2) is 36.7 Å². The third-order valence-corrected chi connectivity index (χ3v) is 2.50. The lowest BCUT2D eigenvalue weighted by Crippen LogP contribution is -2.37. The Hall–Kier alpha value is -1.66. The van der Waals surface area contributed by atoms with Crippen molar-refractivity contribution in [1.29, 1.82) is 0 Å². The Morgan fingerprint density at radius 2 is 2.22 bits per heavy atom. The van der Waals surface area contributed by atoms with Crippen LogP contribution in [0.15, 0.2) is 18.2 Å². The van der Waals surface area contributed by atoms with Crippen LogP contribution in [-0.2, 0) is 9.53 Å². The molecule has 1 atom stereocenters. The molecule has 1 unspecified atom stereocenters. The first-order valence-electron chi connectivity index (χ1n) is 4.94. The number of hydrogen-bond acceptors (Lipinski definition) is 3. The van der Waals surface area contributed by atoms with Gasteiger partial charge >= 0.3 is 5.97 Å². The van der Waals surface area contributed by atoms with E-state index in [1.807, 2.05) is 0 Å². The summed E-state index contributed by atoms with van der Waals surface area (Å²) in [6, 6.07) is 3.31. The van der Waals surface area contributed by atoms with E-state index < -0.39 is 23.8 Å². The molecular formula is C11H11ClFNO4. The van der Waals surface area contributed by atoms with E-state index in [2.05, 4.69) is 10.1 Å². The number of carbonyl (C=O) groups excluding carboxylic acids is 1. The van der Waals surface area contributed by atoms with E-state index in [0.717, 1.165) is 12.1 Å². The summed E-state index contributed by atoms with van der Waals surface area (Å²) in [5, 5.41) is 11.0. The van der Waals surface area contributed by atoms with E-state index in [4.69, 9.17) is 16.7 Å². The molecule has 1 aromatic carbocycles. The smallest absolute Gasteiger partial charge is 0.334 e. The molecule has 0 aliphatic heterocycles. The lowest BCUT2D eigenvalue weighted by atomic mass is 10.2. The molecular weight excluding hydrogens is 265 g/mol. The molecule has 18 heavy (non-hydrogen) atoms. The van der Waals surface area contributed by atoms with Crippen LogP contribution < -0.4 is 5.32 Å². The second-order valence-corrected chi connectivity index (χ2v) is 3.80. The van der Waals surface area contributed by atoms with Crippen LogP contribution in [0, 0.1) is 5.82 Å². The number of carboxylic acids is 1. The first-order valence-corrected chi connectivity index (χ1v) is 5.32. The van der Waals surface area contributed by atoms with Gasteiger partial charge in [0.1, 0.15) is 5.82 Å². The summed E-state index contributed by atoms with van der Waals surface area (Å²) in [6.07, 6.45) is -1.15. The van der Waals surface area contributed by atoms with Crippen LogP contribution in [0.4, 0.5) is 4.39 Å². The number of nitrogens with one attached hydrogen (secondary N) is 1. The number of carbonyl (C=O) groups is 2. The third kappa shape index (κ3) is 3.68. The molecule has 0 aromatic heterocycles. The van der Waals surface area contributed by atoms with Gasteiger partial charge in [-0.3, -0.25) is 4.79 Å². The van der Waals surface area contributed by atoms with Crippen LogP contribution in [0.1, 0.15) is 10.4 Å². The summed E-state index contributed by atoms with van der Waals surface area (Å²) in [4.78, 5) is 22.3. The zero-order valence-electron chi connectivity index (χ0n) is 9.44. The van der Waals surface area contributed by atoms with Crippen molar-refractivity contribution in [3.63, 3.8) is 0 Å². The van der Waals surface area contributed by atoms with Gasteiger partial charge in [-0.25, -0.2) is 9.18 Å². The predicted molar refractivity (Wildman–Crippen MR) is 62.2 cm³/mol. The summed E-state index contributed by atoms with van der Waals surface area (Å²) >= 11 is 5.69. The van der Waals surface area contributed by atoms with Crippen LogP contribution in [0.2, 0.25) is 5.02 Å². The van der Waals surface area contributed by atoms with Crippen molar-refractivity contribution in [2.24, 2.45) is 0 Å². The molecule has 0 aliphatic rings. The first-order chi connectivity index (χ1) is 8.45. The quantitative estimate of drug-likeness (QED) is 0.849. The first kappa shape index (κ1) is 14.4. The van der Waals surface area contributed by atoms with E-state index in [0.29, 0.717) is 0 Å². The Balaban J connectivity index is 2.68. The average Bonchev–Trinajstić information content (AvgIpc) is 2.28. The Morgan fingerprint density at radius 1 is 1.56 bits per heavy atom. The number of benzene rings is 1. The SMILES string of the molecule is COC(CNC(=O)c1ccc(F)cc1Cl)C(=O)O. The molecule has 0 fully saturated rings. The average molecular weight is 276 g/mol. The predicted octanol–water partition coefficient (Wildman–Crippen LogP) is 1.31. The van der Waals surface area contributed by atoms with E-state index in [-0.39, 0.29) is 17.1 Å². The fraction of sp³-hybridized carbons (Fsp3) is 0.273. The third-order valence-electron chi connectivity index (χ3n) is 2.18. The van der Waals surface area contributed by atoms with Crippen LogP contribution in [0.3, 0.4) is 0 Å². The number of methoxy groups -OCH3 is 1. The van der Waals surface area contributed by atoms with Gasteiger partial charge in [0.15, 0.2) is 6.10 Å². The molecule has 7 heteroatoms. The maximum Gasteiger partial charge on any atom is 0.334 e. The van der Waals surface area contributed by atoms with Crippen LogP contribution in [0.5, 0.6) is 0 Å². The highest BCUT2D eigenvalue weighted by molar-refractivity contribution is 6.33. The lowest BCUT2D eigenvalue weighted by Gasteiger charge is -2.12. The number of ether oxygens (including phenoxy) is 1. The van der Waals surface area contributed by atoms with Crippen molar-refractivity contribution in [2.75, 3.05) is 13.7 Å². The summed E-state index contributed by atoms with van der Waals surface area (Å²) in [6.45, 7) is -0.210. The monoisotopic (exact) mass is 275 g/mol. The van der Waals surface area contributed by atoms with Gasteiger partial charge in [-0.1, -0.05) is 11.6 Å². The van der Waals surface area contributed by atoms with Gasteiger partial charge in [0.2, 0.25) is 0 Å². The molecule has 0 spiro atoms. The minimum absolute atomic E-state index is 0.0446. The Kier molecular flexibility index (Phi) is 5.06. The van der Waals surface area contributed by atoms with Gasteiger partial charge in [0, 0.05) is 7.11 Å². The van der Waals surface area contributed by atoms with E-state index in [1.165, 1.54) is 13.2 Å². The summed E-state index contributed by atoms with van der Waals surface area (Å²) < 4.78 is 17.4. The van der Waals surface area contributed by atoms with Crippen molar-refractivity contribution in [3.8, 4) is 0 Å². The Bertz CT molecular complexity index is 466. The molecule has 1 amide bonds. The molecule has 1 rings (SSSR count). The highest BCUT2D eigenvalue weighted by atomic mass is 35.5. The lowest BCUT2D eigenvalue weighted by molar-refractivity contribution is -0.148. The number of halogens is 2. The molecule has 0 radical (unpaired) electrons. The molecule has 98 valence electrons. The fourth-order valence-corrected chi connectivity index (χ4v) is 1.48. The largest absolute Gasteiger partial charge is 0.479 e. The number of amides is 1. The summed E-state index contributed by atoms with van der Waals surface area (Å²) in [5.41, 5.74) is 0.0679. The number of hydrogen-bond donors (Lipinski definition) is 2. The topological polar surface area (TPSA) is 75.6 Å². The van der Waals surface area contributed by atoms with Crippen molar-refractivity contribution in [1.82, 2.24) is 5.32 Å². The fourth-order valence-electron chi connectivity index (χ4n) is 1.23. The zero-order valence-corrected chi connectivity index (χ0v) is 10.2. The second-order valence-electron chi connectivity index (χ2n) is 3.40. The molecule has 0 heterocycles. The maximum atomic E-state index is 12.8.